The van der Waals surface area contributed by atoms with Gasteiger partial charge in [-0.05, 0) is 36.1 Å². The van der Waals surface area contributed by atoms with Gasteiger partial charge in [0.25, 0.3) is 0 Å². The fourth-order valence-electron chi connectivity index (χ4n) is 3.38. The molecule has 0 aliphatic carbocycles. The van der Waals surface area contributed by atoms with E-state index >= 15 is 0 Å². The summed E-state index contributed by atoms with van der Waals surface area (Å²) < 4.78 is 0. The summed E-state index contributed by atoms with van der Waals surface area (Å²) in [6, 6.07) is 8.43. The van der Waals surface area contributed by atoms with E-state index in [1.165, 1.54) is 5.56 Å². The Morgan fingerprint density at radius 2 is 2.19 bits per heavy atom. The zero-order valence-corrected chi connectivity index (χ0v) is 13.3. The Hall–Kier alpha value is -1.16. The summed E-state index contributed by atoms with van der Waals surface area (Å²) in [6.45, 7) is 6.62. The minimum Gasteiger partial charge on any atom is -0.326 e. The van der Waals surface area contributed by atoms with Gasteiger partial charge in [0.05, 0.1) is 11.6 Å². The molecule has 0 bridgehead atoms. The molecular formula is C17H22ClN3. The average Bonchev–Trinajstić information content (AvgIpc) is 2.80. The Kier molecular flexibility index (Phi) is 4.16. The van der Waals surface area contributed by atoms with Gasteiger partial charge >= 0.3 is 0 Å². The maximum Gasteiger partial charge on any atom is 0.0765 e. The van der Waals surface area contributed by atoms with Gasteiger partial charge in [-0.25, -0.2) is 0 Å². The number of aromatic nitrogens is 1. The van der Waals surface area contributed by atoms with Crippen molar-refractivity contribution in [1.29, 1.82) is 0 Å². The van der Waals surface area contributed by atoms with Crippen molar-refractivity contribution in [2.45, 2.75) is 32.4 Å². The summed E-state index contributed by atoms with van der Waals surface area (Å²) >= 11 is 6.31. The summed E-state index contributed by atoms with van der Waals surface area (Å²) in [5.74, 6) is 0.629. The quantitative estimate of drug-likeness (QED) is 0.941. The Morgan fingerprint density at radius 3 is 2.95 bits per heavy atom. The Labute approximate surface area is 131 Å². The molecule has 0 amide bonds. The van der Waals surface area contributed by atoms with E-state index in [1.807, 2.05) is 24.4 Å². The van der Waals surface area contributed by atoms with Crippen molar-refractivity contribution >= 4 is 22.5 Å². The van der Waals surface area contributed by atoms with Gasteiger partial charge < -0.3 is 5.73 Å². The highest BCUT2D eigenvalue weighted by Gasteiger charge is 2.34. The van der Waals surface area contributed by atoms with Crippen LogP contribution in [0, 0.1) is 5.92 Å². The molecule has 1 fully saturated rings. The molecule has 21 heavy (non-hydrogen) atoms. The highest BCUT2D eigenvalue weighted by Crippen LogP contribution is 2.36. The van der Waals surface area contributed by atoms with Gasteiger partial charge in [-0.1, -0.05) is 31.5 Å². The van der Waals surface area contributed by atoms with Crippen molar-refractivity contribution in [3.63, 3.8) is 0 Å². The number of hydrogen-bond donors (Lipinski definition) is 1. The van der Waals surface area contributed by atoms with E-state index in [0.717, 1.165) is 35.4 Å². The lowest BCUT2D eigenvalue weighted by Crippen LogP contribution is -2.34. The van der Waals surface area contributed by atoms with E-state index in [9.17, 15) is 0 Å². The Morgan fingerprint density at radius 1 is 1.38 bits per heavy atom. The van der Waals surface area contributed by atoms with Gasteiger partial charge in [-0.2, -0.15) is 0 Å². The molecule has 0 spiro atoms. The summed E-state index contributed by atoms with van der Waals surface area (Å²) in [7, 11) is 0. The molecule has 1 aliphatic rings. The number of pyridine rings is 1. The molecule has 2 aromatic rings. The van der Waals surface area contributed by atoms with Crippen LogP contribution in [0.3, 0.4) is 0 Å². The highest BCUT2D eigenvalue weighted by atomic mass is 35.5. The van der Waals surface area contributed by atoms with Gasteiger partial charge in [-0.3, -0.25) is 9.88 Å². The summed E-state index contributed by atoms with van der Waals surface area (Å²) in [6.07, 6.45) is 2.86. The summed E-state index contributed by atoms with van der Waals surface area (Å²) in [5.41, 5.74) is 8.60. The molecule has 1 aromatic heterocycles. The Balaban J connectivity index is 2.08. The van der Waals surface area contributed by atoms with Crippen molar-refractivity contribution in [2.24, 2.45) is 11.7 Å². The van der Waals surface area contributed by atoms with Crippen LogP contribution in [0.1, 0.15) is 31.9 Å². The minimum absolute atomic E-state index is 0.162. The average molecular weight is 304 g/mol. The third kappa shape index (κ3) is 2.78. The molecule has 1 aromatic carbocycles. The van der Waals surface area contributed by atoms with Crippen LogP contribution in [0.25, 0.3) is 10.9 Å². The highest BCUT2D eigenvalue weighted by molar-refractivity contribution is 6.35. The molecule has 3 nitrogen and oxygen atoms in total. The van der Waals surface area contributed by atoms with Crippen molar-refractivity contribution < 1.29 is 0 Å². The number of fused-ring (bicyclic) bond motifs is 1. The zero-order valence-electron chi connectivity index (χ0n) is 12.6. The second kappa shape index (κ2) is 5.91. The third-order valence-electron chi connectivity index (χ3n) is 4.21. The first-order valence-corrected chi connectivity index (χ1v) is 7.98. The maximum absolute atomic E-state index is 6.40. The van der Waals surface area contributed by atoms with Crippen LogP contribution in [-0.2, 0) is 0 Å². The predicted molar refractivity (Wildman–Crippen MR) is 88.5 cm³/mol. The molecule has 0 saturated carbocycles. The minimum atomic E-state index is 0.162. The summed E-state index contributed by atoms with van der Waals surface area (Å²) in [4.78, 5) is 7.06. The van der Waals surface area contributed by atoms with Crippen molar-refractivity contribution in [3.05, 3.63) is 41.0 Å². The molecule has 112 valence electrons. The number of nitrogens with zero attached hydrogens (tertiary/aromatic N) is 2. The molecule has 1 saturated heterocycles. The van der Waals surface area contributed by atoms with Gasteiger partial charge in [0.15, 0.2) is 0 Å². The van der Waals surface area contributed by atoms with Crippen LogP contribution in [0.4, 0.5) is 0 Å². The SMILES string of the molecule is CC(C)CN1CCC(N)C1c1ccc(Cl)c2cccnc12. The number of benzene rings is 1. The standard InChI is InChI=1S/C17H22ClN3/c1-11(2)10-21-9-7-15(19)17(21)13-5-6-14(18)12-4-3-8-20-16(12)13/h3-6,8,11,15,17H,7,9-10,19H2,1-2H3. The maximum atomic E-state index is 6.40. The van der Waals surface area contributed by atoms with Gasteiger partial charge in [0, 0.05) is 35.7 Å². The molecule has 2 unspecified atom stereocenters. The van der Waals surface area contributed by atoms with E-state index in [1.54, 1.807) is 0 Å². The third-order valence-corrected chi connectivity index (χ3v) is 4.54. The second-order valence-corrected chi connectivity index (χ2v) is 6.73. The molecule has 1 aliphatic heterocycles. The fraction of sp³-hybridized carbons (Fsp3) is 0.471. The van der Waals surface area contributed by atoms with E-state index < -0.39 is 0 Å². The van der Waals surface area contributed by atoms with Crippen molar-refractivity contribution in [1.82, 2.24) is 9.88 Å². The number of rotatable bonds is 3. The predicted octanol–water partition coefficient (Wildman–Crippen LogP) is 3.62. The molecule has 2 atom stereocenters. The second-order valence-electron chi connectivity index (χ2n) is 6.32. The van der Waals surface area contributed by atoms with E-state index in [-0.39, 0.29) is 12.1 Å². The number of nitrogens with two attached hydrogens (primary N) is 1. The lowest BCUT2D eigenvalue weighted by Gasteiger charge is -2.29. The largest absolute Gasteiger partial charge is 0.326 e. The van der Waals surface area contributed by atoms with Crippen LogP contribution in [0.5, 0.6) is 0 Å². The first-order chi connectivity index (χ1) is 10.1. The topological polar surface area (TPSA) is 42.1 Å². The fourth-order valence-corrected chi connectivity index (χ4v) is 3.60. The first kappa shape index (κ1) is 14.8. The van der Waals surface area contributed by atoms with Gasteiger partial charge in [0.1, 0.15) is 0 Å². The smallest absolute Gasteiger partial charge is 0.0765 e. The molecule has 2 heterocycles. The molecule has 2 N–H and O–H groups in total. The van der Waals surface area contributed by atoms with Gasteiger partial charge in [-0.15, -0.1) is 0 Å². The van der Waals surface area contributed by atoms with Crippen LogP contribution in [0.2, 0.25) is 5.02 Å². The van der Waals surface area contributed by atoms with Gasteiger partial charge in [0.2, 0.25) is 0 Å². The van der Waals surface area contributed by atoms with Crippen LogP contribution in [-0.4, -0.2) is 29.0 Å². The summed E-state index contributed by atoms with van der Waals surface area (Å²) in [5, 5.41) is 1.77. The van der Waals surface area contributed by atoms with E-state index in [2.05, 4.69) is 29.8 Å². The number of likely N-dealkylation sites (tertiary alicyclic amines) is 1. The normalized spacial score (nSPS) is 23.3. The molecular weight excluding hydrogens is 282 g/mol. The van der Waals surface area contributed by atoms with Crippen LogP contribution >= 0.6 is 11.6 Å². The molecule has 4 heteroatoms. The first-order valence-electron chi connectivity index (χ1n) is 7.60. The molecule has 0 radical (unpaired) electrons. The lowest BCUT2D eigenvalue weighted by molar-refractivity contribution is 0.222. The molecule has 3 rings (SSSR count). The van der Waals surface area contributed by atoms with Crippen molar-refractivity contribution in [2.75, 3.05) is 13.1 Å². The van der Waals surface area contributed by atoms with E-state index in [4.69, 9.17) is 17.3 Å². The Bertz CT molecular complexity index is 641. The number of hydrogen-bond acceptors (Lipinski definition) is 3. The van der Waals surface area contributed by atoms with Crippen LogP contribution in [0.15, 0.2) is 30.5 Å². The number of halogens is 1. The lowest BCUT2D eigenvalue weighted by atomic mass is 9.97. The van der Waals surface area contributed by atoms with Crippen LogP contribution < -0.4 is 5.73 Å². The van der Waals surface area contributed by atoms with Crippen molar-refractivity contribution in [3.8, 4) is 0 Å². The zero-order chi connectivity index (χ0) is 15.0. The monoisotopic (exact) mass is 303 g/mol. The van der Waals surface area contributed by atoms with E-state index in [0.29, 0.717) is 5.92 Å².